The molecular formula is C15H20N2O2S. The zero-order valence-electron chi connectivity index (χ0n) is 12.1. The second-order valence-electron chi connectivity index (χ2n) is 4.46. The van der Waals surface area contributed by atoms with E-state index >= 15 is 0 Å². The maximum Gasteiger partial charge on any atom is 0.161 e. The van der Waals surface area contributed by atoms with Gasteiger partial charge in [-0.3, -0.25) is 0 Å². The average molecular weight is 292 g/mol. The normalized spacial score (nSPS) is 10.6. The second kappa shape index (κ2) is 7.26. The number of methoxy groups -OCH3 is 1. The van der Waals surface area contributed by atoms with Gasteiger partial charge in [-0.25, -0.2) is 4.98 Å². The lowest BCUT2D eigenvalue weighted by atomic mass is 10.2. The molecule has 0 aliphatic carbocycles. The Hall–Kier alpha value is -1.59. The van der Waals surface area contributed by atoms with Crippen LogP contribution in [0, 0.1) is 6.92 Å². The van der Waals surface area contributed by atoms with Gasteiger partial charge in [0.1, 0.15) is 11.6 Å². The first-order valence-electron chi connectivity index (χ1n) is 6.64. The summed E-state index contributed by atoms with van der Waals surface area (Å²) in [4.78, 5) is 4.53. The summed E-state index contributed by atoms with van der Waals surface area (Å²) in [6.45, 7) is 6.34. The number of nitrogens with zero attached hydrogens (tertiary/aromatic N) is 1. The smallest absolute Gasteiger partial charge is 0.161 e. The van der Waals surface area contributed by atoms with E-state index in [9.17, 15) is 0 Å². The van der Waals surface area contributed by atoms with Crippen molar-refractivity contribution in [3.8, 4) is 11.5 Å². The van der Waals surface area contributed by atoms with Crippen molar-refractivity contribution in [3.63, 3.8) is 0 Å². The minimum Gasteiger partial charge on any atom is -0.493 e. The van der Waals surface area contributed by atoms with Gasteiger partial charge in [0.2, 0.25) is 0 Å². The van der Waals surface area contributed by atoms with Gasteiger partial charge in [0.15, 0.2) is 11.5 Å². The largest absolute Gasteiger partial charge is 0.493 e. The number of thiazole rings is 1. The number of aryl methyl sites for hydroxylation is 1. The minimum absolute atomic E-state index is 0.460. The van der Waals surface area contributed by atoms with Gasteiger partial charge in [-0.05, 0) is 31.2 Å². The molecule has 1 aromatic heterocycles. The number of hydrogen-bond acceptors (Lipinski definition) is 5. The molecule has 0 amide bonds. The van der Waals surface area contributed by atoms with Gasteiger partial charge < -0.3 is 14.8 Å². The second-order valence-corrected chi connectivity index (χ2v) is 5.40. The standard InChI is InChI=1S/C15H20N2O2S/c1-4-16-8-15-17-12(10-20-15)9-19-13-6-5-11(2)7-14(13)18-3/h5-7,10,16H,4,8-9H2,1-3H3. The molecule has 0 unspecified atom stereocenters. The van der Waals surface area contributed by atoms with Crippen molar-refractivity contribution in [1.29, 1.82) is 0 Å². The van der Waals surface area contributed by atoms with Crippen LogP contribution in [0.2, 0.25) is 0 Å². The third kappa shape index (κ3) is 3.95. The quantitative estimate of drug-likeness (QED) is 0.851. The van der Waals surface area contributed by atoms with Crippen molar-refractivity contribution >= 4 is 11.3 Å². The van der Waals surface area contributed by atoms with Gasteiger partial charge in [-0.1, -0.05) is 13.0 Å². The van der Waals surface area contributed by atoms with E-state index in [2.05, 4.69) is 17.2 Å². The summed E-state index contributed by atoms with van der Waals surface area (Å²) in [7, 11) is 1.65. The Morgan fingerprint density at radius 1 is 1.30 bits per heavy atom. The Morgan fingerprint density at radius 3 is 2.90 bits per heavy atom. The first-order chi connectivity index (χ1) is 9.72. The van der Waals surface area contributed by atoms with Crippen LogP contribution in [-0.2, 0) is 13.2 Å². The van der Waals surface area contributed by atoms with E-state index in [4.69, 9.17) is 9.47 Å². The zero-order chi connectivity index (χ0) is 14.4. The number of aromatic nitrogens is 1. The van der Waals surface area contributed by atoms with Gasteiger partial charge in [0, 0.05) is 11.9 Å². The molecule has 2 aromatic rings. The molecule has 0 aliphatic heterocycles. The summed E-state index contributed by atoms with van der Waals surface area (Å²) in [6, 6.07) is 5.91. The summed E-state index contributed by atoms with van der Waals surface area (Å²) < 4.78 is 11.1. The van der Waals surface area contributed by atoms with Crippen LogP contribution in [0.4, 0.5) is 0 Å². The summed E-state index contributed by atoms with van der Waals surface area (Å²) in [5.41, 5.74) is 2.10. The van der Waals surface area contributed by atoms with Crippen molar-refractivity contribution in [3.05, 3.63) is 39.8 Å². The molecule has 0 radical (unpaired) electrons. The first kappa shape index (κ1) is 14.8. The average Bonchev–Trinajstić information content (AvgIpc) is 2.91. The molecule has 2 rings (SSSR count). The summed E-state index contributed by atoms with van der Waals surface area (Å²) >= 11 is 1.65. The Kier molecular flexibility index (Phi) is 5.38. The lowest BCUT2D eigenvalue weighted by molar-refractivity contribution is 0.281. The Bertz CT molecular complexity index is 555. The highest BCUT2D eigenvalue weighted by Gasteiger charge is 2.07. The fourth-order valence-electron chi connectivity index (χ4n) is 1.77. The predicted molar refractivity (Wildman–Crippen MR) is 81.6 cm³/mol. The SMILES string of the molecule is CCNCc1nc(COc2ccc(C)cc2OC)cs1. The molecule has 1 N–H and O–H groups in total. The number of ether oxygens (including phenoxy) is 2. The third-order valence-electron chi connectivity index (χ3n) is 2.82. The molecule has 0 bridgehead atoms. The zero-order valence-corrected chi connectivity index (χ0v) is 12.9. The van der Waals surface area contributed by atoms with E-state index in [0.29, 0.717) is 6.61 Å². The lowest BCUT2D eigenvalue weighted by Crippen LogP contribution is -2.11. The molecule has 0 saturated heterocycles. The third-order valence-corrected chi connectivity index (χ3v) is 3.72. The highest BCUT2D eigenvalue weighted by atomic mass is 32.1. The van der Waals surface area contributed by atoms with Crippen molar-refractivity contribution in [1.82, 2.24) is 10.3 Å². The van der Waals surface area contributed by atoms with Gasteiger partial charge in [0.25, 0.3) is 0 Å². The molecule has 5 heteroatoms. The number of nitrogens with one attached hydrogen (secondary N) is 1. The maximum atomic E-state index is 5.79. The van der Waals surface area contributed by atoms with Crippen LogP contribution in [0.5, 0.6) is 11.5 Å². The lowest BCUT2D eigenvalue weighted by Gasteiger charge is -2.10. The molecule has 0 aliphatic rings. The molecule has 1 heterocycles. The molecule has 108 valence electrons. The number of rotatable bonds is 7. The van der Waals surface area contributed by atoms with E-state index in [1.165, 1.54) is 0 Å². The van der Waals surface area contributed by atoms with Gasteiger partial charge in [0.05, 0.1) is 12.8 Å². The molecule has 0 atom stereocenters. The van der Waals surface area contributed by atoms with Crippen LogP contribution in [0.15, 0.2) is 23.6 Å². The topological polar surface area (TPSA) is 43.4 Å². The maximum absolute atomic E-state index is 5.79. The summed E-state index contributed by atoms with van der Waals surface area (Å²) in [6.07, 6.45) is 0. The van der Waals surface area contributed by atoms with Crippen LogP contribution >= 0.6 is 11.3 Å². The molecule has 4 nitrogen and oxygen atoms in total. The molecule has 20 heavy (non-hydrogen) atoms. The van der Waals surface area contributed by atoms with Gasteiger partial charge >= 0.3 is 0 Å². The monoisotopic (exact) mass is 292 g/mol. The number of benzene rings is 1. The van der Waals surface area contributed by atoms with Crippen molar-refractivity contribution in [2.45, 2.75) is 27.0 Å². The van der Waals surface area contributed by atoms with E-state index in [1.54, 1.807) is 18.4 Å². The fraction of sp³-hybridized carbons (Fsp3) is 0.400. The Morgan fingerprint density at radius 2 is 2.15 bits per heavy atom. The van der Waals surface area contributed by atoms with E-state index in [-0.39, 0.29) is 0 Å². The predicted octanol–water partition coefficient (Wildman–Crippen LogP) is 3.15. The minimum atomic E-state index is 0.460. The van der Waals surface area contributed by atoms with Crippen LogP contribution in [0.25, 0.3) is 0 Å². The van der Waals surface area contributed by atoms with E-state index in [1.807, 2.05) is 30.5 Å². The van der Waals surface area contributed by atoms with E-state index in [0.717, 1.165) is 40.9 Å². The van der Waals surface area contributed by atoms with Crippen molar-refractivity contribution in [2.75, 3.05) is 13.7 Å². The van der Waals surface area contributed by atoms with Crippen LogP contribution in [-0.4, -0.2) is 18.6 Å². The Labute approximate surface area is 123 Å². The van der Waals surface area contributed by atoms with Crippen molar-refractivity contribution < 1.29 is 9.47 Å². The summed E-state index contributed by atoms with van der Waals surface area (Å²) in [5, 5.41) is 6.38. The first-order valence-corrected chi connectivity index (χ1v) is 7.52. The molecular weight excluding hydrogens is 272 g/mol. The molecule has 0 fully saturated rings. The van der Waals surface area contributed by atoms with Gasteiger partial charge in [-0.2, -0.15) is 0 Å². The van der Waals surface area contributed by atoms with Crippen LogP contribution in [0.3, 0.4) is 0 Å². The fourth-order valence-corrected chi connectivity index (χ4v) is 2.52. The molecule has 1 aromatic carbocycles. The van der Waals surface area contributed by atoms with E-state index < -0.39 is 0 Å². The summed E-state index contributed by atoms with van der Waals surface area (Å²) in [5.74, 6) is 1.51. The molecule has 0 spiro atoms. The van der Waals surface area contributed by atoms with Crippen LogP contribution < -0.4 is 14.8 Å². The van der Waals surface area contributed by atoms with Crippen molar-refractivity contribution in [2.24, 2.45) is 0 Å². The highest BCUT2D eigenvalue weighted by molar-refractivity contribution is 7.09. The number of hydrogen-bond donors (Lipinski definition) is 1. The Balaban J connectivity index is 1.96. The highest BCUT2D eigenvalue weighted by Crippen LogP contribution is 2.28. The van der Waals surface area contributed by atoms with Gasteiger partial charge in [-0.15, -0.1) is 11.3 Å². The van der Waals surface area contributed by atoms with Crippen LogP contribution in [0.1, 0.15) is 23.2 Å². The molecule has 0 saturated carbocycles.